The molecule has 0 atom stereocenters. The lowest BCUT2D eigenvalue weighted by molar-refractivity contribution is -0.114. The first-order valence-electron chi connectivity index (χ1n) is 7.06. The second-order valence-electron chi connectivity index (χ2n) is 4.80. The maximum atomic E-state index is 12.8. The van der Waals surface area contributed by atoms with Crippen molar-refractivity contribution in [3.05, 3.63) is 66.0 Å². The van der Waals surface area contributed by atoms with E-state index in [1.165, 1.54) is 11.1 Å². The van der Waals surface area contributed by atoms with Crippen molar-refractivity contribution in [1.29, 1.82) is 0 Å². The zero-order valence-corrected chi connectivity index (χ0v) is 12.1. The summed E-state index contributed by atoms with van der Waals surface area (Å²) in [5, 5.41) is 2.93. The number of nitrogens with zero attached hydrogens (tertiary/aromatic N) is 2. The van der Waals surface area contributed by atoms with Crippen LogP contribution in [-0.2, 0) is 4.79 Å². The maximum absolute atomic E-state index is 12.8. The van der Waals surface area contributed by atoms with E-state index in [4.69, 9.17) is 0 Å². The third kappa shape index (κ3) is 2.26. The van der Waals surface area contributed by atoms with Gasteiger partial charge < -0.3 is 5.32 Å². The molecule has 3 rings (SSSR count). The van der Waals surface area contributed by atoms with Gasteiger partial charge in [-0.1, -0.05) is 18.2 Å². The standard InChI is InChI=1S/C17H15N3O2/c1-2-18-11-14-15(21)13-9-6-10-19-16(13)20(17(14)22)12-7-4-3-5-8-12/h3-11,18H,2H2,1H3/b14-11+. The van der Waals surface area contributed by atoms with Crippen LogP contribution in [0.3, 0.4) is 0 Å². The van der Waals surface area contributed by atoms with E-state index in [-0.39, 0.29) is 17.3 Å². The SMILES string of the molecule is CCN/C=C1\C(=O)c2cccnc2N(c2ccccc2)C1=O. The van der Waals surface area contributed by atoms with Crippen molar-refractivity contribution in [2.24, 2.45) is 0 Å². The normalized spacial score (nSPS) is 15.9. The molecule has 0 spiro atoms. The second-order valence-corrected chi connectivity index (χ2v) is 4.80. The molecular weight excluding hydrogens is 278 g/mol. The molecule has 22 heavy (non-hydrogen) atoms. The zero-order valence-electron chi connectivity index (χ0n) is 12.1. The van der Waals surface area contributed by atoms with Gasteiger partial charge in [-0.2, -0.15) is 0 Å². The first-order valence-corrected chi connectivity index (χ1v) is 7.06. The van der Waals surface area contributed by atoms with Gasteiger partial charge in [0.15, 0.2) is 5.82 Å². The van der Waals surface area contributed by atoms with E-state index in [1.807, 2.05) is 37.3 Å². The minimum atomic E-state index is -0.372. The number of carbonyl (C=O) groups is 2. The summed E-state index contributed by atoms with van der Waals surface area (Å²) < 4.78 is 0. The van der Waals surface area contributed by atoms with E-state index in [0.29, 0.717) is 23.6 Å². The lowest BCUT2D eigenvalue weighted by Crippen LogP contribution is -2.37. The van der Waals surface area contributed by atoms with Crippen molar-refractivity contribution in [3.8, 4) is 0 Å². The number of ketones is 1. The summed E-state index contributed by atoms with van der Waals surface area (Å²) in [6.07, 6.45) is 3.06. The van der Waals surface area contributed by atoms with Crippen LogP contribution in [0.2, 0.25) is 0 Å². The van der Waals surface area contributed by atoms with Gasteiger partial charge in [0, 0.05) is 18.9 Å². The Morgan fingerprint density at radius 1 is 1.14 bits per heavy atom. The number of hydrogen-bond donors (Lipinski definition) is 1. The minimum Gasteiger partial charge on any atom is -0.390 e. The van der Waals surface area contributed by atoms with Gasteiger partial charge in [0.1, 0.15) is 5.57 Å². The molecule has 0 aliphatic carbocycles. The quantitative estimate of drug-likeness (QED) is 0.697. The molecule has 1 amide bonds. The van der Waals surface area contributed by atoms with Crippen LogP contribution in [0.5, 0.6) is 0 Å². The van der Waals surface area contributed by atoms with E-state index in [2.05, 4.69) is 10.3 Å². The number of carbonyl (C=O) groups excluding carboxylic acids is 2. The van der Waals surface area contributed by atoms with Gasteiger partial charge in [0.2, 0.25) is 5.78 Å². The fourth-order valence-electron chi connectivity index (χ4n) is 2.36. The van der Waals surface area contributed by atoms with E-state index < -0.39 is 0 Å². The number of hydrogen-bond acceptors (Lipinski definition) is 4. The van der Waals surface area contributed by atoms with Crippen molar-refractivity contribution < 1.29 is 9.59 Å². The fraction of sp³-hybridized carbons (Fsp3) is 0.118. The van der Waals surface area contributed by atoms with Gasteiger partial charge in [-0.3, -0.25) is 14.5 Å². The molecule has 0 unspecified atom stereocenters. The van der Waals surface area contributed by atoms with Crippen LogP contribution in [0.1, 0.15) is 17.3 Å². The Balaban J connectivity index is 2.18. The molecule has 5 heteroatoms. The maximum Gasteiger partial charge on any atom is 0.269 e. The van der Waals surface area contributed by atoms with Gasteiger partial charge in [-0.15, -0.1) is 0 Å². The number of anilines is 2. The summed E-state index contributed by atoms with van der Waals surface area (Å²) in [6.45, 7) is 2.54. The van der Waals surface area contributed by atoms with Gasteiger partial charge in [-0.25, -0.2) is 4.98 Å². The molecule has 1 N–H and O–H groups in total. The Labute approximate surface area is 128 Å². The predicted octanol–water partition coefficient (Wildman–Crippen LogP) is 2.44. The minimum absolute atomic E-state index is 0.117. The molecule has 0 saturated heterocycles. The molecule has 1 aromatic carbocycles. The van der Waals surface area contributed by atoms with E-state index >= 15 is 0 Å². The number of nitrogens with one attached hydrogen (secondary N) is 1. The predicted molar refractivity (Wildman–Crippen MR) is 83.9 cm³/mol. The third-order valence-electron chi connectivity index (χ3n) is 3.39. The van der Waals surface area contributed by atoms with Crippen molar-refractivity contribution in [1.82, 2.24) is 10.3 Å². The molecule has 0 radical (unpaired) electrons. The number of pyridine rings is 1. The number of amides is 1. The van der Waals surface area contributed by atoms with Gasteiger partial charge >= 0.3 is 0 Å². The van der Waals surface area contributed by atoms with Gasteiger partial charge in [-0.05, 0) is 31.2 Å². The molecule has 1 aromatic heterocycles. The smallest absolute Gasteiger partial charge is 0.269 e. The molecule has 2 aromatic rings. The van der Waals surface area contributed by atoms with Crippen LogP contribution in [0.25, 0.3) is 0 Å². The van der Waals surface area contributed by atoms with Crippen LogP contribution in [0.15, 0.2) is 60.4 Å². The third-order valence-corrected chi connectivity index (χ3v) is 3.39. The Morgan fingerprint density at radius 3 is 2.64 bits per heavy atom. The monoisotopic (exact) mass is 293 g/mol. The second kappa shape index (κ2) is 5.81. The van der Waals surface area contributed by atoms with E-state index in [0.717, 1.165) is 0 Å². The average molecular weight is 293 g/mol. The summed E-state index contributed by atoms with van der Waals surface area (Å²) >= 11 is 0. The molecule has 2 heterocycles. The summed E-state index contributed by atoms with van der Waals surface area (Å²) in [5.41, 5.74) is 1.23. The molecule has 0 fully saturated rings. The highest BCUT2D eigenvalue weighted by atomic mass is 16.2. The van der Waals surface area contributed by atoms with Crippen LogP contribution < -0.4 is 10.2 Å². The number of aromatic nitrogens is 1. The number of rotatable bonds is 3. The van der Waals surface area contributed by atoms with Gasteiger partial charge in [0.05, 0.1) is 11.3 Å². The van der Waals surface area contributed by atoms with E-state index in [1.54, 1.807) is 18.3 Å². The van der Waals surface area contributed by atoms with Crippen molar-refractivity contribution >= 4 is 23.2 Å². The zero-order chi connectivity index (χ0) is 15.5. The number of para-hydroxylation sites is 1. The summed E-state index contributed by atoms with van der Waals surface area (Å²) in [6, 6.07) is 12.6. The van der Waals surface area contributed by atoms with Crippen molar-refractivity contribution in [2.45, 2.75) is 6.92 Å². The topological polar surface area (TPSA) is 62.3 Å². The summed E-state index contributed by atoms with van der Waals surface area (Å²) in [4.78, 5) is 31.0. The Kier molecular flexibility index (Phi) is 3.70. The fourth-order valence-corrected chi connectivity index (χ4v) is 2.36. The molecule has 110 valence electrons. The first-order chi connectivity index (χ1) is 10.7. The molecule has 1 aliphatic heterocycles. The molecule has 0 saturated carbocycles. The largest absolute Gasteiger partial charge is 0.390 e. The summed E-state index contributed by atoms with van der Waals surface area (Å²) in [5.74, 6) is -0.304. The van der Waals surface area contributed by atoms with Crippen molar-refractivity contribution in [3.63, 3.8) is 0 Å². The molecule has 1 aliphatic rings. The Morgan fingerprint density at radius 2 is 1.91 bits per heavy atom. The highest BCUT2D eigenvalue weighted by Crippen LogP contribution is 2.33. The number of fused-ring (bicyclic) bond motifs is 1. The van der Waals surface area contributed by atoms with Crippen LogP contribution >= 0.6 is 0 Å². The summed E-state index contributed by atoms with van der Waals surface area (Å²) in [7, 11) is 0. The van der Waals surface area contributed by atoms with Gasteiger partial charge in [0.25, 0.3) is 5.91 Å². The highest BCUT2D eigenvalue weighted by Gasteiger charge is 2.36. The van der Waals surface area contributed by atoms with Crippen LogP contribution in [0, 0.1) is 0 Å². The van der Waals surface area contributed by atoms with Crippen LogP contribution in [-0.4, -0.2) is 23.2 Å². The van der Waals surface area contributed by atoms with Crippen LogP contribution in [0.4, 0.5) is 11.5 Å². The lowest BCUT2D eigenvalue weighted by atomic mass is 9.98. The molecule has 5 nitrogen and oxygen atoms in total. The van der Waals surface area contributed by atoms with Crippen molar-refractivity contribution in [2.75, 3.05) is 11.4 Å². The first kappa shape index (κ1) is 14.0. The molecule has 0 bridgehead atoms. The average Bonchev–Trinajstić information content (AvgIpc) is 2.56. The lowest BCUT2D eigenvalue weighted by Gasteiger charge is -2.28. The molecular formula is C17H15N3O2. The number of benzene rings is 1. The highest BCUT2D eigenvalue weighted by molar-refractivity contribution is 6.35. The Bertz CT molecular complexity index is 754. The Hall–Kier alpha value is -2.95. The number of Topliss-reactive ketones (excluding diaryl/α,β-unsaturated/α-hetero) is 1. The van der Waals surface area contributed by atoms with E-state index in [9.17, 15) is 9.59 Å².